The molecule has 26 heavy (non-hydrogen) atoms. The van der Waals surface area contributed by atoms with E-state index in [1.54, 1.807) is 0 Å². The molecule has 5 rings (SSSR count). The van der Waals surface area contributed by atoms with Crippen LogP contribution in [0.2, 0.25) is 0 Å². The summed E-state index contributed by atoms with van der Waals surface area (Å²) in [7, 11) is 0. The van der Waals surface area contributed by atoms with Gasteiger partial charge in [0, 0.05) is 0 Å². The molecule has 124 valence electrons. The standard InChI is InChI=1S/C25H19N/c1-3-7-20-15-22(11-9-18(20)5-1)23-13-14-26-25(17-23)24-12-10-19-6-2-4-8-21(19)16-24/h1-17,25-26H. The van der Waals surface area contributed by atoms with E-state index in [4.69, 9.17) is 0 Å². The molecule has 4 aromatic carbocycles. The molecular weight excluding hydrogens is 314 g/mol. The molecule has 1 heterocycles. The van der Waals surface area contributed by atoms with Crippen molar-refractivity contribution < 1.29 is 0 Å². The van der Waals surface area contributed by atoms with Gasteiger partial charge in [0.15, 0.2) is 0 Å². The molecule has 1 heteroatoms. The maximum Gasteiger partial charge on any atom is 0.0701 e. The molecule has 0 amide bonds. The highest BCUT2D eigenvalue weighted by Crippen LogP contribution is 2.29. The molecule has 1 nitrogen and oxygen atoms in total. The first-order valence-electron chi connectivity index (χ1n) is 8.99. The third-order valence-electron chi connectivity index (χ3n) is 5.10. The Morgan fingerprint density at radius 3 is 2.04 bits per heavy atom. The molecule has 0 aromatic heterocycles. The Morgan fingerprint density at radius 2 is 1.27 bits per heavy atom. The number of nitrogens with one attached hydrogen (secondary N) is 1. The van der Waals surface area contributed by atoms with E-state index in [0.717, 1.165) is 0 Å². The van der Waals surface area contributed by atoms with Crippen LogP contribution in [-0.2, 0) is 0 Å². The minimum Gasteiger partial charge on any atom is -0.381 e. The van der Waals surface area contributed by atoms with Crippen LogP contribution in [0.1, 0.15) is 17.2 Å². The van der Waals surface area contributed by atoms with E-state index in [9.17, 15) is 0 Å². The van der Waals surface area contributed by atoms with Crippen LogP contribution in [0.3, 0.4) is 0 Å². The van der Waals surface area contributed by atoms with Gasteiger partial charge in [0.05, 0.1) is 6.04 Å². The van der Waals surface area contributed by atoms with E-state index >= 15 is 0 Å². The van der Waals surface area contributed by atoms with Crippen LogP contribution in [0.25, 0.3) is 27.1 Å². The maximum absolute atomic E-state index is 3.48. The number of hydrogen-bond donors (Lipinski definition) is 1. The van der Waals surface area contributed by atoms with Crippen molar-refractivity contribution >= 4 is 27.1 Å². The fourth-order valence-corrected chi connectivity index (χ4v) is 3.68. The molecule has 0 bridgehead atoms. The first kappa shape index (κ1) is 15.0. The zero-order chi connectivity index (χ0) is 17.3. The summed E-state index contributed by atoms with van der Waals surface area (Å²) in [5.74, 6) is 0. The summed E-state index contributed by atoms with van der Waals surface area (Å²) in [6.07, 6.45) is 6.53. The second kappa shape index (κ2) is 6.20. The van der Waals surface area contributed by atoms with Gasteiger partial charge < -0.3 is 5.32 Å². The van der Waals surface area contributed by atoms with Crippen LogP contribution in [0.5, 0.6) is 0 Å². The molecule has 0 saturated carbocycles. The van der Waals surface area contributed by atoms with Crippen LogP contribution in [0.15, 0.2) is 103 Å². The van der Waals surface area contributed by atoms with Gasteiger partial charge in [0.1, 0.15) is 0 Å². The summed E-state index contributed by atoms with van der Waals surface area (Å²) in [5.41, 5.74) is 3.80. The predicted molar refractivity (Wildman–Crippen MR) is 111 cm³/mol. The number of allylic oxidation sites excluding steroid dienone is 2. The zero-order valence-electron chi connectivity index (χ0n) is 14.4. The van der Waals surface area contributed by atoms with Crippen molar-refractivity contribution in [1.29, 1.82) is 0 Å². The highest BCUT2D eigenvalue weighted by Gasteiger charge is 2.13. The Balaban J connectivity index is 1.54. The lowest BCUT2D eigenvalue weighted by Gasteiger charge is -2.20. The average Bonchev–Trinajstić information content (AvgIpc) is 2.73. The van der Waals surface area contributed by atoms with Gasteiger partial charge in [-0.2, -0.15) is 0 Å². The summed E-state index contributed by atoms with van der Waals surface area (Å²) in [4.78, 5) is 0. The first-order chi connectivity index (χ1) is 12.9. The van der Waals surface area contributed by atoms with Crippen LogP contribution in [-0.4, -0.2) is 0 Å². The van der Waals surface area contributed by atoms with Crippen molar-refractivity contribution in [3.63, 3.8) is 0 Å². The third kappa shape index (κ3) is 2.68. The van der Waals surface area contributed by atoms with Gasteiger partial charge in [-0.1, -0.05) is 72.8 Å². The highest BCUT2D eigenvalue weighted by molar-refractivity contribution is 5.88. The van der Waals surface area contributed by atoms with Crippen molar-refractivity contribution in [2.45, 2.75) is 6.04 Å². The Kier molecular flexibility index (Phi) is 3.57. The lowest BCUT2D eigenvalue weighted by molar-refractivity contribution is 0.750. The fourth-order valence-electron chi connectivity index (χ4n) is 3.68. The van der Waals surface area contributed by atoms with E-state index < -0.39 is 0 Å². The van der Waals surface area contributed by atoms with Crippen molar-refractivity contribution in [2.24, 2.45) is 0 Å². The van der Waals surface area contributed by atoms with Gasteiger partial charge in [-0.05, 0) is 68.7 Å². The summed E-state index contributed by atoms with van der Waals surface area (Å²) < 4.78 is 0. The molecule has 1 aliphatic rings. The van der Waals surface area contributed by atoms with E-state index in [-0.39, 0.29) is 6.04 Å². The zero-order valence-corrected chi connectivity index (χ0v) is 14.4. The van der Waals surface area contributed by atoms with E-state index in [2.05, 4.69) is 109 Å². The molecule has 0 spiro atoms. The van der Waals surface area contributed by atoms with Gasteiger partial charge >= 0.3 is 0 Å². The SMILES string of the molecule is C1=CC(c2ccc3ccccc3c2)=CC(c2ccc3ccccc3c2)N1. The first-order valence-corrected chi connectivity index (χ1v) is 8.99. The molecule has 0 radical (unpaired) electrons. The molecule has 0 aliphatic carbocycles. The summed E-state index contributed by atoms with van der Waals surface area (Å²) in [5, 5.41) is 8.60. The lowest BCUT2D eigenvalue weighted by Crippen LogP contribution is -2.16. The van der Waals surface area contributed by atoms with Gasteiger partial charge in [0.25, 0.3) is 0 Å². The van der Waals surface area contributed by atoms with Crippen LogP contribution >= 0.6 is 0 Å². The monoisotopic (exact) mass is 333 g/mol. The van der Waals surface area contributed by atoms with Gasteiger partial charge in [-0.15, -0.1) is 0 Å². The van der Waals surface area contributed by atoms with Crippen LogP contribution < -0.4 is 5.32 Å². The molecule has 1 N–H and O–H groups in total. The largest absolute Gasteiger partial charge is 0.381 e. The summed E-state index contributed by atoms with van der Waals surface area (Å²) in [6.45, 7) is 0. The number of fused-ring (bicyclic) bond motifs is 2. The van der Waals surface area contributed by atoms with Gasteiger partial charge in [-0.25, -0.2) is 0 Å². The Morgan fingerprint density at radius 1 is 0.615 bits per heavy atom. The highest BCUT2D eigenvalue weighted by atomic mass is 14.9. The van der Waals surface area contributed by atoms with Crippen molar-refractivity contribution in [3.05, 3.63) is 114 Å². The molecule has 1 aliphatic heterocycles. The summed E-state index contributed by atoms with van der Waals surface area (Å²) in [6, 6.07) is 30.6. The van der Waals surface area contributed by atoms with Crippen LogP contribution in [0.4, 0.5) is 0 Å². The fraction of sp³-hybridized carbons (Fsp3) is 0.0400. The second-order valence-electron chi connectivity index (χ2n) is 6.77. The average molecular weight is 333 g/mol. The minimum atomic E-state index is 0.186. The smallest absolute Gasteiger partial charge is 0.0701 e. The molecule has 0 fully saturated rings. The number of dihydropyridines is 1. The molecule has 4 aromatic rings. The van der Waals surface area contributed by atoms with Crippen molar-refractivity contribution in [2.75, 3.05) is 0 Å². The Bertz CT molecular complexity index is 1170. The molecule has 1 atom stereocenters. The molecule has 1 unspecified atom stereocenters. The number of rotatable bonds is 2. The predicted octanol–water partition coefficient (Wildman–Crippen LogP) is 6.23. The van der Waals surface area contributed by atoms with Crippen molar-refractivity contribution in [3.8, 4) is 0 Å². The third-order valence-corrected chi connectivity index (χ3v) is 5.10. The van der Waals surface area contributed by atoms with E-state index in [1.807, 2.05) is 0 Å². The minimum absolute atomic E-state index is 0.186. The van der Waals surface area contributed by atoms with E-state index in [0.29, 0.717) is 0 Å². The van der Waals surface area contributed by atoms with Gasteiger partial charge in [-0.3, -0.25) is 0 Å². The quantitative estimate of drug-likeness (QED) is 0.458. The normalized spacial score (nSPS) is 16.5. The molecule has 0 saturated heterocycles. The maximum atomic E-state index is 3.48. The number of benzene rings is 4. The number of hydrogen-bond acceptors (Lipinski definition) is 1. The Labute approximate surface area is 153 Å². The van der Waals surface area contributed by atoms with Gasteiger partial charge in [0.2, 0.25) is 0 Å². The van der Waals surface area contributed by atoms with Crippen LogP contribution in [0, 0.1) is 0 Å². The topological polar surface area (TPSA) is 12.0 Å². The second-order valence-corrected chi connectivity index (χ2v) is 6.77. The molecular formula is C25H19N. The Hall–Kier alpha value is -3.32. The summed E-state index contributed by atoms with van der Waals surface area (Å²) >= 11 is 0. The van der Waals surface area contributed by atoms with Crippen molar-refractivity contribution in [1.82, 2.24) is 5.32 Å². The lowest BCUT2D eigenvalue weighted by atomic mass is 9.94. The van der Waals surface area contributed by atoms with E-state index in [1.165, 1.54) is 38.2 Å².